The predicted molar refractivity (Wildman–Crippen MR) is 73.0 cm³/mol. The summed E-state index contributed by atoms with van der Waals surface area (Å²) in [5.74, 6) is 0. The summed E-state index contributed by atoms with van der Waals surface area (Å²) in [5.41, 5.74) is 0. The Kier molecular flexibility index (Phi) is 4.25. The molecule has 0 aliphatic carbocycles. The molecule has 2 rings (SSSR count). The number of sulfonamides is 1. The van der Waals surface area contributed by atoms with Crippen LogP contribution in [0, 0.1) is 6.92 Å². The number of halogens is 1. The van der Waals surface area contributed by atoms with Crippen LogP contribution >= 0.6 is 27.3 Å². The van der Waals surface area contributed by atoms with Gasteiger partial charge in [0, 0.05) is 17.5 Å². The lowest BCUT2D eigenvalue weighted by Crippen LogP contribution is -2.45. The number of rotatable bonds is 3. The summed E-state index contributed by atoms with van der Waals surface area (Å²) >= 11 is 4.75. The van der Waals surface area contributed by atoms with Crippen LogP contribution < -0.4 is 10.0 Å². The standard InChI is InChI=1S/C10H15BrN2O2S2/c1-7-9(5-10(11)16-7)17(14,15)13-8-3-2-4-12-6-8/h5,8,12-13H,2-4,6H2,1H3. The van der Waals surface area contributed by atoms with Gasteiger partial charge in [0.15, 0.2) is 0 Å². The monoisotopic (exact) mass is 338 g/mol. The van der Waals surface area contributed by atoms with E-state index in [9.17, 15) is 8.42 Å². The van der Waals surface area contributed by atoms with E-state index in [1.165, 1.54) is 11.3 Å². The minimum atomic E-state index is -3.38. The molecule has 96 valence electrons. The third-order valence-electron chi connectivity index (χ3n) is 2.75. The van der Waals surface area contributed by atoms with Crippen molar-refractivity contribution in [2.75, 3.05) is 13.1 Å². The predicted octanol–water partition coefficient (Wildman–Crippen LogP) is 1.85. The van der Waals surface area contributed by atoms with Crippen LogP contribution in [0.4, 0.5) is 0 Å². The van der Waals surface area contributed by atoms with Crippen LogP contribution in [0.5, 0.6) is 0 Å². The van der Waals surface area contributed by atoms with Gasteiger partial charge in [0.2, 0.25) is 10.0 Å². The molecule has 1 aromatic heterocycles. The SMILES string of the molecule is Cc1sc(Br)cc1S(=O)(=O)NC1CCCNC1. The minimum absolute atomic E-state index is 0.00632. The molecule has 1 fully saturated rings. The maximum atomic E-state index is 12.2. The van der Waals surface area contributed by atoms with Gasteiger partial charge < -0.3 is 5.32 Å². The topological polar surface area (TPSA) is 58.2 Å². The van der Waals surface area contributed by atoms with Crippen molar-refractivity contribution < 1.29 is 8.42 Å². The summed E-state index contributed by atoms with van der Waals surface area (Å²) in [7, 11) is -3.38. The van der Waals surface area contributed by atoms with Crippen molar-refractivity contribution in [1.29, 1.82) is 0 Å². The molecule has 1 aliphatic heterocycles. The molecule has 4 nitrogen and oxygen atoms in total. The fraction of sp³-hybridized carbons (Fsp3) is 0.600. The molecule has 2 N–H and O–H groups in total. The molecule has 1 aromatic rings. The van der Waals surface area contributed by atoms with Crippen LogP contribution in [0.2, 0.25) is 0 Å². The van der Waals surface area contributed by atoms with Crippen LogP contribution in [0.15, 0.2) is 14.7 Å². The fourth-order valence-electron chi connectivity index (χ4n) is 1.93. The lowest BCUT2D eigenvalue weighted by Gasteiger charge is -2.23. The molecule has 0 radical (unpaired) electrons. The normalized spacial score (nSPS) is 21.6. The Bertz CT molecular complexity index is 492. The Hall–Kier alpha value is 0.0500. The molecule has 1 saturated heterocycles. The number of thiophene rings is 1. The third-order valence-corrected chi connectivity index (χ3v) is 6.08. The summed E-state index contributed by atoms with van der Waals surface area (Å²) in [6, 6.07) is 1.67. The number of hydrogen-bond acceptors (Lipinski definition) is 4. The van der Waals surface area contributed by atoms with Gasteiger partial charge in [0.05, 0.1) is 8.68 Å². The second-order valence-electron chi connectivity index (χ2n) is 4.14. The average molecular weight is 339 g/mol. The van der Waals surface area contributed by atoms with E-state index in [0.29, 0.717) is 11.4 Å². The second kappa shape index (κ2) is 5.36. The Balaban J connectivity index is 2.15. The molecule has 2 heterocycles. The van der Waals surface area contributed by atoms with Gasteiger partial charge in [0.1, 0.15) is 0 Å². The van der Waals surface area contributed by atoms with Gasteiger partial charge in [-0.15, -0.1) is 11.3 Å². The van der Waals surface area contributed by atoms with E-state index in [0.717, 1.165) is 28.0 Å². The zero-order chi connectivity index (χ0) is 12.5. The van der Waals surface area contributed by atoms with E-state index in [1.54, 1.807) is 6.07 Å². The van der Waals surface area contributed by atoms with E-state index in [1.807, 2.05) is 6.92 Å². The van der Waals surface area contributed by atoms with Gasteiger partial charge in [-0.3, -0.25) is 0 Å². The van der Waals surface area contributed by atoms with Gasteiger partial charge in [-0.1, -0.05) is 0 Å². The molecular formula is C10H15BrN2O2S2. The highest BCUT2D eigenvalue weighted by atomic mass is 79.9. The molecular weight excluding hydrogens is 324 g/mol. The second-order valence-corrected chi connectivity index (χ2v) is 8.45. The molecule has 7 heteroatoms. The number of aryl methyl sites for hydroxylation is 1. The van der Waals surface area contributed by atoms with Gasteiger partial charge in [-0.25, -0.2) is 13.1 Å². The summed E-state index contributed by atoms with van der Waals surface area (Å²) in [6.07, 6.45) is 1.91. The summed E-state index contributed by atoms with van der Waals surface area (Å²) in [5, 5.41) is 3.20. The maximum absolute atomic E-state index is 12.2. The molecule has 0 spiro atoms. The highest BCUT2D eigenvalue weighted by Gasteiger charge is 2.24. The van der Waals surface area contributed by atoms with Crippen molar-refractivity contribution in [3.05, 3.63) is 14.7 Å². The summed E-state index contributed by atoms with van der Waals surface area (Å²) < 4.78 is 28.0. The van der Waals surface area contributed by atoms with Gasteiger partial charge in [0.25, 0.3) is 0 Å². The first-order valence-electron chi connectivity index (χ1n) is 5.48. The van der Waals surface area contributed by atoms with Gasteiger partial charge >= 0.3 is 0 Å². The largest absolute Gasteiger partial charge is 0.315 e. The van der Waals surface area contributed by atoms with Crippen molar-refractivity contribution in [3.63, 3.8) is 0 Å². The number of piperidine rings is 1. The van der Waals surface area contributed by atoms with Gasteiger partial charge in [-0.05, 0) is 48.3 Å². The molecule has 0 bridgehead atoms. The first-order chi connectivity index (χ1) is 7.99. The molecule has 17 heavy (non-hydrogen) atoms. The summed E-state index contributed by atoms with van der Waals surface area (Å²) in [6.45, 7) is 3.51. The molecule has 0 amide bonds. The third kappa shape index (κ3) is 3.29. The minimum Gasteiger partial charge on any atom is -0.315 e. The van der Waals surface area contributed by atoms with Crippen LogP contribution in [0.1, 0.15) is 17.7 Å². The molecule has 1 unspecified atom stereocenters. The fourth-order valence-corrected chi connectivity index (χ4v) is 5.62. The lowest BCUT2D eigenvalue weighted by atomic mass is 10.1. The van der Waals surface area contributed by atoms with E-state index in [-0.39, 0.29) is 6.04 Å². The molecule has 0 aromatic carbocycles. The number of hydrogen-bond donors (Lipinski definition) is 2. The van der Waals surface area contributed by atoms with Crippen molar-refractivity contribution in [2.45, 2.75) is 30.7 Å². The Labute approximate surface area is 114 Å². The van der Waals surface area contributed by atoms with E-state index >= 15 is 0 Å². The first-order valence-corrected chi connectivity index (χ1v) is 8.57. The lowest BCUT2D eigenvalue weighted by molar-refractivity contribution is 0.428. The zero-order valence-corrected chi connectivity index (χ0v) is 12.7. The van der Waals surface area contributed by atoms with Crippen LogP contribution in [-0.4, -0.2) is 27.5 Å². The zero-order valence-electron chi connectivity index (χ0n) is 9.49. The van der Waals surface area contributed by atoms with Crippen molar-refractivity contribution in [3.8, 4) is 0 Å². The smallest absolute Gasteiger partial charge is 0.241 e. The quantitative estimate of drug-likeness (QED) is 0.884. The van der Waals surface area contributed by atoms with Crippen molar-refractivity contribution >= 4 is 37.3 Å². The first kappa shape index (κ1) is 13.5. The Morgan fingerprint density at radius 1 is 1.59 bits per heavy atom. The molecule has 0 saturated carbocycles. The highest BCUT2D eigenvalue weighted by molar-refractivity contribution is 9.11. The Morgan fingerprint density at radius 3 is 2.88 bits per heavy atom. The Morgan fingerprint density at radius 2 is 2.35 bits per heavy atom. The van der Waals surface area contributed by atoms with Crippen molar-refractivity contribution in [1.82, 2.24) is 10.0 Å². The highest BCUT2D eigenvalue weighted by Crippen LogP contribution is 2.29. The van der Waals surface area contributed by atoms with E-state index in [4.69, 9.17) is 0 Å². The van der Waals surface area contributed by atoms with Crippen LogP contribution in [-0.2, 0) is 10.0 Å². The maximum Gasteiger partial charge on any atom is 0.241 e. The van der Waals surface area contributed by atoms with Crippen LogP contribution in [0.25, 0.3) is 0 Å². The van der Waals surface area contributed by atoms with E-state index < -0.39 is 10.0 Å². The van der Waals surface area contributed by atoms with Crippen molar-refractivity contribution in [2.24, 2.45) is 0 Å². The molecule has 1 atom stereocenters. The molecule has 1 aliphatic rings. The average Bonchev–Trinajstić information content (AvgIpc) is 2.59. The van der Waals surface area contributed by atoms with Gasteiger partial charge in [-0.2, -0.15) is 0 Å². The van der Waals surface area contributed by atoms with E-state index in [2.05, 4.69) is 26.0 Å². The number of nitrogens with one attached hydrogen (secondary N) is 2. The summed E-state index contributed by atoms with van der Waals surface area (Å²) in [4.78, 5) is 1.20. The van der Waals surface area contributed by atoms with Crippen LogP contribution in [0.3, 0.4) is 0 Å².